The molecule has 0 heterocycles. The maximum Gasteiger partial charge on any atom is 3.00 e. The first-order valence-corrected chi connectivity index (χ1v) is 3.25. The zero-order valence-corrected chi connectivity index (χ0v) is 10.9. The minimum absolute atomic E-state index is 0. The van der Waals surface area contributed by atoms with Gasteiger partial charge in [0.25, 0.3) is 0 Å². The number of halogens is 2. The molecule has 0 N–H and O–H groups in total. The Morgan fingerprint density at radius 1 is 1.09 bits per heavy atom. The van der Waals surface area contributed by atoms with Crippen LogP contribution in [0.4, 0.5) is 0 Å². The summed E-state index contributed by atoms with van der Waals surface area (Å²) in [5, 5.41) is 10.6. The van der Waals surface area contributed by atoms with Gasteiger partial charge in [0.05, 0.1) is 0 Å². The molecule has 0 bridgehead atoms. The molecular weight excluding hydrogens is 311 g/mol. The van der Waals surface area contributed by atoms with E-state index in [0.29, 0.717) is 5.76 Å². The second-order valence-electron chi connectivity index (χ2n) is 2.27. The monoisotopic (exact) mass is 321 g/mol. The largest absolute Gasteiger partial charge is 3.00 e. The maximum atomic E-state index is 10.6. The fourth-order valence-electron chi connectivity index (χ4n) is 0.985. The van der Waals surface area contributed by atoms with Crippen molar-refractivity contribution in [3.05, 3.63) is 11.8 Å². The molecule has 0 fully saturated rings. The van der Waals surface area contributed by atoms with Crippen LogP contribution in [-0.4, -0.2) is 0 Å². The first-order chi connectivity index (χ1) is 3.89. The standard InChI is InChI=1S/C7H12O.Ce.2ClH/c8-7-5-3-1-2-4-6-7;;;/h5,8H,1-4,6H2;;2*1H/q;+3;;/p-3. The van der Waals surface area contributed by atoms with Gasteiger partial charge >= 0.3 is 41.7 Å². The third-order valence-corrected chi connectivity index (χ3v) is 1.50. The third kappa shape index (κ3) is 9.41. The molecule has 0 aromatic carbocycles. The summed E-state index contributed by atoms with van der Waals surface area (Å²) in [7, 11) is 0. The van der Waals surface area contributed by atoms with E-state index in [2.05, 4.69) is 0 Å². The third-order valence-electron chi connectivity index (χ3n) is 1.50. The van der Waals surface area contributed by atoms with Gasteiger partial charge in [0, 0.05) is 0 Å². The van der Waals surface area contributed by atoms with Crippen LogP contribution in [0.5, 0.6) is 0 Å². The van der Waals surface area contributed by atoms with E-state index in [1.165, 1.54) is 12.8 Å². The van der Waals surface area contributed by atoms with E-state index in [4.69, 9.17) is 0 Å². The average molecular weight is 322 g/mol. The van der Waals surface area contributed by atoms with Crippen molar-refractivity contribution in [1.29, 1.82) is 0 Å². The Morgan fingerprint density at radius 3 is 2.36 bits per heavy atom. The van der Waals surface area contributed by atoms with Crippen LogP contribution in [0.2, 0.25) is 0 Å². The SMILES string of the molecule is [Ce+3].[Cl-].[Cl-].[O-]C1=CCCCCC1. The van der Waals surface area contributed by atoms with Crippen molar-refractivity contribution in [2.75, 3.05) is 0 Å². The smallest absolute Gasteiger partial charge is 1.00 e. The van der Waals surface area contributed by atoms with E-state index in [1.807, 2.05) is 6.08 Å². The van der Waals surface area contributed by atoms with Gasteiger partial charge in [0.1, 0.15) is 0 Å². The van der Waals surface area contributed by atoms with Crippen LogP contribution in [0.15, 0.2) is 11.8 Å². The topological polar surface area (TPSA) is 23.1 Å². The van der Waals surface area contributed by atoms with Crippen LogP contribution >= 0.6 is 0 Å². The zero-order chi connectivity index (χ0) is 5.82. The molecule has 0 aliphatic heterocycles. The number of hydrogen-bond donors (Lipinski definition) is 0. The molecular formula is C7H11CeCl2O. The summed E-state index contributed by atoms with van der Waals surface area (Å²) >= 11 is 0. The quantitative estimate of drug-likeness (QED) is 0.439. The molecule has 0 saturated carbocycles. The van der Waals surface area contributed by atoms with Gasteiger partial charge in [0.15, 0.2) is 0 Å². The summed E-state index contributed by atoms with van der Waals surface area (Å²) in [5.74, 6) is 0.350. The Bertz CT molecular complexity index is 107. The molecule has 1 rings (SSSR count). The molecule has 0 saturated heterocycles. The van der Waals surface area contributed by atoms with Gasteiger partial charge in [0.2, 0.25) is 0 Å². The molecule has 0 atom stereocenters. The summed E-state index contributed by atoms with van der Waals surface area (Å²) in [5.41, 5.74) is 0. The molecule has 0 spiro atoms. The van der Waals surface area contributed by atoms with E-state index in [-0.39, 0.29) is 66.6 Å². The van der Waals surface area contributed by atoms with Crippen LogP contribution in [-0.2, 0) is 0 Å². The molecule has 1 aliphatic carbocycles. The first kappa shape index (κ1) is 18.3. The van der Waals surface area contributed by atoms with E-state index in [0.717, 1.165) is 19.3 Å². The Kier molecular flexibility index (Phi) is 19.1. The van der Waals surface area contributed by atoms with E-state index in [1.54, 1.807) is 0 Å². The predicted octanol–water partition coefficient (Wildman–Crippen LogP) is -4.80. The minimum Gasteiger partial charge on any atom is -1.00 e. The van der Waals surface area contributed by atoms with Gasteiger partial charge in [-0.1, -0.05) is 18.9 Å². The van der Waals surface area contributed by atoms with Crippen LogP contribution in [0.25, 0.3) is 0 Å². The van der Waals surface area contributed by atoms with Gasteiger partial charge in [-0.25, -0.2) is 0 Å². The number of allylic oxidation sites excluding steroid dienone is 2. The Balaban J connectivity index is -0.000000213. The molecule has 1 aliphatic rings. The minimum atomic E-state index is 0. The van der Waals surface area contributed by atoms with E-state index < -0.39 is 0 Å². The predicted molar refractivity (Wildman–Crippen MR) is 31.2 cm³/mol. The Labute approximate surface area is 114 Å². The van der Waals surface area contributed by atoms with Crippen molar-refractivity contribution in [3.63, 3.8) is 0 Å². The van der Waals surface area contributed by atoms with E-state index >= 15 is 0 Å². The molecule has 0 aromatic rings. The second kappa shape index (κ2) is 11.5. The van der Waals surface area contributed by atoms with E-state index in [9.17, 15) is 5.11 Å². The summed E-state index contributed by atoms with van der Waals surface area (Å²) < 4.78 is 0. The molecule has 0 amide bonds. The molecule has 0 aromatic heterocycles. The average Bonchev–Trinajstić information content (AvgIpc) is 1.94. The molecule has 63 valence electrons. The van der Waals surface area contributed by atoms with Crippen LogP contribution < -0.4 is 29.9 Å². The van der Waals surface area contributed by atoms with Crippen molar-refractivity contribution < 1.29 is 71.7 Å². The molecule has 1 radical (unpaired) electrons. The number of hydrogen-bond acceptors (Lipinski definition) is 1. The van der Waals surface area contributed by atoms with Gasteiger partial charge in [-0.2, -0.15) is 0 Å². The summed E-state index contributed by atoms with van der Waals surface area (Å²) in [6.07, 6.45) is 7.19. The molecule has 0 unspecified atom stereocenters. The second-order valence-corrected chi connectivity index (χ2v) is 2.27. The van der Waals surface area contributed by atoms with Crippen LogP contribution in [0.3, 0.4) is 0 Å². The van der Waals surface area contributed by atoms with Crippen LogP contribution in [0.1, 0.15) is 32.1 Å². The maximum absolute atomic E-state index is 10.6. The zero-order valence-electron chi connectivity index (χ0n) is 6.28. The van der Waals surface area contributed by atoms with Gasteiger partial charge in [-0.05, 0) is 19.3 Å². The molecule has 11 heavy (non-hydrogen) atoms. The fraction of sp³-hybridized carbons (Fsp3) is 0.714. The van der Waals surface area contributed by atoms with Crippen LogP contribution in [0, 0.1) is 41.7 Å². The van der Waals surface area contributed by atoms with Crippen molar-refractivity contribution >= 4 is 0 Å². The van der Waals surface area contributed by atoms with Crippen molar-refractivity contribution in [3.8, 4) is 0 Å². The van der Waals surface area contributed by atoms with Gasteiger partial charge < -0.3 is 29.9 Å². The molecule has 4 heteroatoms. The summed E-state index contributed by atoms with van der Waals surface area (Å²) in [6, 6.07) is 0. The normalized spacial score (nSPS) is 15.8. The van der Waals surface area contributed by atoms with Crippen molar-refractivity contribution in [2.45, 2.75) is 32.1 Å². The van der Waals surface area contributed by atoms with Crippen molar-refractivity contribution in [2.24, 2.45) is 0 Å². The number of rotatable bonds is 0. The summed E-state index contributed by atoms with van der Waals surface area (Å²) in [4.78, 5) is 0. The first-order valence-electron chi connectivity index (χ1n) is 3.25. The van der Waals surface area contributed by atoms with Gasteiger partial charge in [-0.3, -0.25) is 0 Å². The Hall–Kier alpha value is 1.50. The molecule has 1 nitrogen and oxygen atoms in total. The Morgan fingerprint density at radius 2 is 1.73 bits per heavy atom. The summed E-state index contributed by atoms with van der Waals surface area (Å²) in [6.45, 7) is 0. The fourth-order valence-corrected chi connectivity index (χ4v) is 0.985. The van der Waals surface area contributed by atoms with Gasteiger partial charge in [-0.15, -0.1) is 5.76 Å². The van der Waals surface area contributed by atoms with Crippen molar-refractivity contribution in [1.82, 2.24) is 0 Å².